The van der Waals surface area contributed by atoms with Crippen molar-refractivity contribution in [2.24, 2.45) is 0 Å². The van der Waals surface area contributed by atoms with E-state index in [1.165, 1.54) is 16.6 Å². The number of fused-ring (bicyclic) bond motifs is 3. The van der Waals surface area contributed by atoms with E-state index in [0.29, 0.717) is 30.8 Å². The molecule has 1 atom stereocenters. The highest BCUT2D eigenvalue weighted by Gasteiger charge is 2.34. The summed E-state index contributed by atoms with van der Waals surface area (Å²) in [6.07, 6.45) is 4.78. The largest absolute Gasteiger partial charge is 0.378 e. The maximum atomic E-state index is 5.48. The summed E-state index contributed by atoms with van der Waals surface area (Å²) >= 11 is 0. The molecule has 1 aromatic carbocycles. The van der Waals surface area contributed by atoms with Gasteiger partial charge in [-0.25, -0.2) is 15.0 Å². The van der Waals surface area contributed by atoms with E-state index in [1.54, 1.807) is 0 Å². The number of aryl methyl sites for hydroxylation is 2. The van der Waals surface area contributed by atoms with Crippen molar-refractivity contribution in [1.82, 2.24) is 29.9 Å². The number of nitrogens with one attached hydrogen (secondary N) is 1. The fraction of sp³-hybridized carbons (Fsp3) is 0.423. The summed E-state index contributed by atoms with van der Waals surface area (Å²) in [7, 11) is 4.15. The average molecular weight is 486 g/mol. The van der Waals surface area contributed by atoms with Crippen LogP contribution in [-0.4, -0.2) is 76.8 Å². The van der Waals surface area contributed by atoms with Crippen molar-refractivity contribution in [1.29, 1.82) is 0 Å². The standard InChI is InChI=1S/C26H31N9O/c1-16-29-17(2)31-26(30-16)35-8-7-20-21-13-19(33(3)4)5-6-22(21)32-23(20)24(35)18-14-27-25(28-15-18)34-9-11-36-12-10-34/h5-6,13-15,24,32H,7-12H2,1-4H3. The molecule has 36 heavy (non-hydrogen) atoms. The maximum absolute atomic E-state index is 5.48. The molecule has 1 unspecified atom stereocenters. The van der Waals surface area contributed by atoms with Gasteiger partial charge in [-0.05, 0) is 44.0 Å². The van der Waals surface area contributed by atoms with Crippen LogP contribution in [0.15, 0.2) is 30.6 Å². The molecule has 1 N–H and O–H groups in total. The lowest BCUT2D eigenvalue weighted by atomic mass is 9.94. The van der Waals surface area contributed by atoms with Crippen LogP contribution < -0.4 is 14.7 Å². The number of morpholine rings is 1. The predicted octanol–water partition coefficient (Wildman–Crippen LogP) is 2.81. The lowest BCUT2D eigenvalue weighted by Crippen LogP contribution is -2.39. The number of anilines is 3. The van der Waals surface area contributed by atoms with Crippen LogP contribution in [-0.2, 0) is 11.2 Å². The van der Waals surface area contributed by atoms with Gasteiger partial charge in [0.2, 0.25) is 11.9 Å². The number of H-pyrrole nitrogens is 1. The number of ether oxygens (including phenoxy) is 1. The number of hydrogen-bond donors (Lipinski definition) is 1. The van der Waals surface area contributed by atoms with E-state index in [2.05, 4.69) is 57.0 Å². The molecule has 10 nitrogen and oxygen atoms in total. The highest BCUT2D eigenvalue weighted by atomic mass is 16.5. The minimum Gasteiger partial charge on any atom is -0.378 e. The molecule has 10 heteroatoms. The second-order valence-corrected chi connectivity index (χ2v) is 9.63. The van der Waals surface area contributed by atoms with Crippen molar-refractivity contribution >= 4 is 28.5 Å². The normalized spacial score (nSPS) is 17.9. The fourth-order valence-corrected chi connectivity index (χ4v) is 5.24. The molecule has 1 saturated heterocycles. The zero-order valence-corrected chi connectivity index (χ0v) is 21.2. The third-order valence-corrected chi connectivity index (χ3v) is 7.00. The van der Waals surface area contributed by atoms with Gasteiger partial charge < -0.3 is 24.4 Å². The molecule has 1 fully saturated rings. The maximum Gasteiger partial charge on any atom is 0.229 e. The summed E-state index contributed by atoms with van der Waals surface area (Å²) in [6.45, 7) is 7.62. The van der Waals surface area contributed by atoms with E-state index in [-0.39, 0.29) is 6.04 Å². The van der Waals surface area contributed by atoms with Crippen LogP contribution in [0.1, 0.15) is 34.5 Å². The summed E-state index contributed by atoms with van der Waals surface area (Å²) in [5.41, 5.74) is 5.79. The van der Waals surface area contributed by atoms with E-state index in [4.69, 9.17) is 24.7 Å². The molecule has 0 radical (unpaired) electrons. The van der Waals surface area contributed by atoms with Gasteiger partial charge in [-0.2, -0.15) is 9.97 Å². The van der Waals surface area contributed by atoms with Crippen LogP contribution >= 0.6 is 0 Å². The number of aromatic nitrogens is 6. The Kier molecular flexibility index (Phi) is 5.67. The van der Waals surface area contributed by atoms with E-state index >= 15 is 0 Å². The molecular formula is C26H31N9O. The Hall–Kier alpha value is -3.79. The molecule has 6 rings (SSSR count). The first kappa shape index (κ1) is 22.7. The van der Waals surface area contributed by atoms with Gasteiger partial charge in [0.25, 0.3) is 0 Å². The molecule has 0 spiro atoms. The van der Waals surface area contributed by atoms with Crippen LogP contribution in [0.5, 0.6) is 0 Å². The summed E-state index contributed by atoms with van der Waals surface area (Å²) in [5.74, 6) is 2.85. The Morgan fingerprint density at radius 2 is 1.67 bits per heavy atom. The molecule has 186 valence electrons. The van der Waals surface area contributed by atoms with Gasteiger partial charge in [0, 0.05) is 74.0 Å². The molecule has 2 aliphatic heterocycles. The van der Waals surface area contributed by atoms with Crippen molar-refractivity contribution in [3.05, 3.63) is 59.1 Å². The van der Waals surface area contributed by atoms with Crippen LogP contribution in [0.4, 0.5) is 17.6 Å². The highest BCUT2D eigenvalue weighted by molar-refractivity contribution is 5.89. The van der Waals surface area contributed by atoms with Crippen molar-refractivity contribution in [3.8, 4) is 0 Å². The Labute approximate surface area is 210 Å². The van der Waals surface area contributed by atoms with Crippen molar-refractivity contribution in [2.45, 2.75) is 26.3 Å². The van der Waals surface area contributed by atoms with Crippen LogP contribution in [0.25, 0.3) is 10.9 Å². The second kappa shape index (κ2) is 9.02. The van der Waals surface area contributed by atoms with E-state index < -0.39 is 0 Å². The van der Waals surface area contributed by atoms with E-state index in [9.17, 15) is 0 Å². The number of rotatable bonds is 4. The van der Waals surface area contributed by atoms with E-state index in [1.807, 2.05) is 26.2 Å². The Balaban J connectivity index is 1.46. The highest BCUT2D eigenvalue weighted by Crippen LogP contribution is 2.40. The van der Waals surface area contributed by atoms with Crippen molar-refractivity contribution in [3.63, 3.8) is 0 Å². The number of aromatic amines is 1. The number of benzene rings is 1. The Morgan fingerprint density at radius 3 is 2.36 bits per heavy atom. The molecule has 3 aromatic heterocycles. The first-order valence-electron chi connectivity index (χ1n) is 12.4. The van der Waals surface area contributed by atoms with Crippen molar-refractivity contribution in [2.75, 3.05) is 61.6 Å². The van der Waals surface area contributed by atoms with Gasteiger partial charge in [-0.3, -0.25) is 0 Å². The summed E-state index contributed by atoms with van der Waals surface area (Å²) < 4.78 is 5.48. The monoisotopic (exact) mass is 485 g/mol. The molecule has 4 aromatic rings. The average Bonchev–Trinajstić information content (AvgIpc) is 3.26. The number of nitrogens with zero attached hydrogens (tertiary/aromatic N) is 8. The second-order valence-electron chi connectivity index (χ2n) is 9.63. The van der Waals surface area contributed by atoms with Crippen LogP contribution in [0.2, 0.25) is 0 Å². The van der Waals surface area contributed by atoms with Gasteiger partial charge in [-0.15, -0.1) is 0 Å². The predicted molar refractivity (Wildman–Crippen MR) is 140 cm³/mol. The quantitative estimate of drug-likeness (QED) is 0.468. The Bertz CT molecular complexity index is 1370. The molecule has 0 bridgehead atoms. The summed E-state index contributed by atoms with van der Waals surface area (Å²) in [6, 6.07) is 6.45. The van der Waals surface area contributed by atoms with Gasteiger partial charge in [0.15, 0.2) is 0 Å². The van der Waals surface area contributed by atoms with Gasteiger partial charge in [0.1, 0.15) is 17.7 Å². The molecule has 0 aliphatic carbocycles. The lowest BCUT2D eigenvalue weighted by molar-refractivity contribution is 0.122. The van der Waals surface area contributed by atoms with E-state index in [0.717, 1.165) is 48.8 Å². The zero-order chi connectivity index (χ0) is 24.8. The molecule has 5 heterocycles. The number of hydrogen-bond acceptors (Lipinski definition) is 9. The SMILES string of the molecule is Cc1nc(C)nc(N2CCc3c([nH]c4ccc(N(C)C)cc34)C2c2cnc(N3CCOCC3)nc2)n1. The molecule has 2 aliphatic rings. The minimum absolute atomic E-state index is 0.135. The van der Waals surface area contributed by atoms with Crippen LogP contribution in [0, 0.1) is 13.8 Å². The first-order valence-corrected chi connectivity index (χ1v) is 12.4. The van der Waals surface area contributed by atoms with Crippen molar-refractivity contribution < 1.29 is 4.74 Å². The first-order chi connectivity index (χ1) is 17.5. The summed E-state index contributed by atoms with van der Waals surface area (Å²) in [5, 5.41) is 1.26. The third kappa shape index (κ3) is 4.01. The smallest absolute Gasteiger partial charge is 0.229 e. The Morgan fingerprint density at radius 1 is 0.944 bits per heavy atom. The zero-order valence-electron chi connectivity index (χ0n) is 21.2. The minimum atomic E-state index is -0.135. The van der Waals surface area contributed by atoms with Gasteiger partial charge >= 0.3 is 0 Å². The summed E-state index contributed by atoms with van der Waals surface area (Å²) in [4.78, 5) is 33.6. The third-order valence-electron chi connectivity index (χ3n) is 7.00. The van der Waals surface area contributed by atoms with Crippen LogP contribution in [0.3, 0.4) is 0 Å². The molecule has 0 saturated carbocycles. The molecule has 0 amide bonds. The fourth-order valence-electron chi connectivity index (χ4n) is 5.24. The molecular weight excluding hydrogens is 454 g/mol. The lowest BCUT2D eigenvalue weighted by Gasteiger charge is -2.36. The van der Waals surface area contributed by atoms with Gasteiger partial charge in [0.05, 0.1) is 13.2 Å². The van der Waals surface area contributed by atoms with Gasteiger partial charge in [-0.1, -0.05) is 0 Å². The topological polar surface area (TPSA) is 99.2 Å².